The minimum atomic E-state index is -1.05. The lowest BCUT2D eigenvalue weighted by atomic mass is 10.2. The van der Waals surface area contributed by atoms with E-state index in [1.54, 1.807) is 31.4 Å². The van der Waals surface area contributed by atoms with Gasteiger partial charge >= 0.3 is 5.97 Å². The van der Waals surface area contributed by atoms with Gasteiger partial charge in [-0.1, -0.05) is 6.07 Å². The lowest BCUT2D eigenvalue weighted by Crippen LogP contribution is -2.39. The van der Waals surface area contributed by atoms with E-state index in [0.29, 0.717) is 18.1 Å². The average molecular weight is 307 g/mol. The zero-order valence-corrected chi connectivity index (χ0v) is 13.2. The van der Waals surface area contributed by atoms with Crippen LogP contribution in [-0.2, 0) is 9.59 Å². The van der Waals surface area contributed by atoms with Gasteiger partial charge in [-0.25, -0.2) is 4.79 Å². The van der Waals surface area contributed by atoms with E-state index in [1.165, 1.54) is 20.0 Å². The fourth-order valence-corrected chi connectivity index (χ4v) is 1.70. The van der Waals surface area contributed by atoms with Gasteiger partial charge in [-0.2, -0.15) is 0 Å². The Morgan fingerprint density at radius 2 is 2.05 bits per heavy atom. The number of carboxylic acids is 1. The summed E-state index contributed by atoms with van der Waals surface area (Å²) in [5.41, 5.74) is 0.755. The van der Waals surface area contributed by atoms with E-state index >= 15 is 0 Å². The standard InChI is InChI=1S/C16H21NO5/c1-5-22-13-8-6-12(10-14(13)21-4)7-9-15(18)17(3)11(2)16(19)20/h6-11H,5H2,1-4H3,(H,19,20). The third-order valence-corrected chi connectivity index (χ3v) is 3.19. The minimum Gasteiger partial charge on any atom is -0.493 e. The molecule has 1 N–H and O–H groups in total. The fraction of sp³-hybridized carbons (Fsp3) is 0.375. The zero-order chi connectivity index (χ0) is 16.7. The van der Waals surface area contributed by atoms with Crippen molar-refractivity contribution in [3.05, 3.63) is 29.8 Å². The monoisotopic (exact) mass is 307 g/mol. The summed E-state index contributed by atoms with van der Waals surface area (Å²) >= 11 is 0. The van der Waals surface area contributed by atoms with Crippen LogP contribution < -0.4 is 9.47 Å². The maximum Gasteiger partial charge on any atom is 0.326 e. The number of likely N-dealkylation sites (N-methyl/N-ethyl adjacent to an activating group) is 1. The number of aliphatic carboxylic acids is 1. The predicted octanol–water partition coefficient (Wildman–Crippen LogP) is 2.04. The number of nitrogens with zero attached hydrogens (tertiary/aromatic N) is 1. The van der Waals surface area contributed by atoms with Crippen LogP contribution in [0.3, 0.4) is 0 Å². The number of methoxy groups -OCH3 is 1. The van der Waals surface area contributed by atoms with Gasteiger partial charge in [0.05, 0.1) is 13.7 Å². The van der Waals surface area contributed by atoms with Crippen molar-refractivity contribution in [3.63, 3.8) is 0 Å². The summed E-state index contributed by atoms with van der Waals surface area (Å²) < 4.78 is 10.6. The molecule has 0 aliphatic heterocycles. The molecular formula is C16H21NO5. The third kappa shape index (κ3) is 4.51. The Morgan fingerprint density at radius 1 is 1.36 bits per heavy atom. The first kappa shape index (κ1) is 17.6. The Bertz CT molecular complexity index is 568. The molecule has 120 valence electrons. The smallest absolute Gasteiger partial charge is 0.326 e. The Kier molecular flexibility index (Phi) is 6.44. The SMILES string of the molecule is CCOc1ccc(C=CC(=O)N(C)C(C)C(=O)O)cc1OC. The quantitative estimate of drug-likeness (QED) is 0.780. The summed E-state index contributed by atoms with van der Waals surface area (Å²) in [4.78, 5) is 23.9. The van der Waals surface area contributed by atoms with E-state index in [1.807, 2.05) is 6.92 Å². The van der Waals surface area contributed by atoms with Crippen LogP contribution >= 0.6 is 0 Å². The highest BCUT2D eigenvalue weighted by atomic mass is 16.5. The summed E-state index contributed by atoms with van der Waals surface area (Å²) in [6, 6.07) is 4.41. The number of carbonyl (C=O) groups is 2. The summed E-state index contributed by atoms with van der Waals surface area (Å²) in [6.07, 6.45) is 2.93. The summed E-state index contributed by atoms with van der Waals surface area (Å²) in [5, 5.41) is 8.89. The highest BCUT2D eigenvalue weighted by molar-refractivity contribution is 5.94. The fourth-order valence-electron chi connectivity index (χ4n) is 1.70. The van der Waals surface area contributed by atoms with E-state index in [-0.39, 0.29) is 5.91 Å². The van der Waals surface area contributed by atoms with Crippen molar-refractivity contribution in [1.29, 1.82) is 0 Å². The van der Waals surface area contributed by atoms with Crippen LogP contribution in [0.15, 0.2) is 24.3 Å². The normalized spacial score (nSPS) is 12.0. The van der Waals surface area contributed by atoms with Gasteiger partial charge in [0.1, 0.15) is 6.04 Å². The second-order valence-corrected chi connectivity index (χ2v) is 4.64. The topological polar surface area (TPSA) is 76.1 Å². The Balaban J connectivity index is 2.85. The van der Waals surface area contributed by atoms with E-state index in [0.717, 1.165) is 10.5 Å². The minimum absolute atomic E-state index is 0.386. The number of amides is 1. The predicted molar refractivity (Wildman–Crippen MR) is 83.1 cm³/mol. The molecule has 6 nitrogen and oxygen atoms in total. The van der Waals surface area contributed by atoms with E-state index in [4.69, 9.17) is 14.6 Å². The van der Waals surface area contributed by atoms with Gasteiger partial charge in [-0.3, -0.25) is 4.79 Å². The number of rotatable bonds is 7. The van der Waals surface area contributed by atoms with E-state index < -0.39 is 12.0 Å². The molecule has 1 rings (SSSR count). The number of hydrogen-bond donors (Lipinski definition) is 1. The molecule has 1 unspecified atom stereocenters. The Hall–Kier alpha value is -2.50. The van der Waals surface area contributed by atoms with Crippen LogP contribution in [-0.4, -0.2) is 48.7 Å². The molecule has 0 fully saturated rings. The average Bonchev–Trinajstić information content (AvgIpc) is 2.52. The largest absolute Gasteiger partial charge is 0.493 e. The summed E-state index contributed by atoms with van der Waals surface area (Å²) in [6.45, 7) is 3.86. The van der Waals surface area contributed by atoms with Gasteiger partial charge in [0.15, 0.2) is 11.5 Å². The van der Waals surface area contributed by atoms with Crippen molar-refractivity contribution in [1.82, 2.24) is 4.90 Å². The molecule has 0 saturated carbocycles. The zero-order valence-electron chi connectivity index (χ0n) is 13.2. The van der Waals surface area contributed by atoms with Crippen LogP contribution in [0, 0.1) is 0 Å². The maximum absolute atomic E-state index is 11.9. The summed E-state index contributed by atoms with van der Waals surface area (Å²) in [7, 11) is 2.99. The molecule has 1 aromatic rings. The van der Waals surface area contributed by atoms with Crippen LogP contribution in [0.25, 0.3) is 6.08 Å². The number of benzene rings is 1. The van der Waals surface area contributed by atoms with Gasteiger partial charge in [0.25, 0.3) is 0 Å². The molecule has 0 radical (unpaired) electrons. The number of carbonyl (C=O) groups excluding carboxylic acids is 1. The number of ether oxygens (including phenoxy) is 2. The van der Waals surface area contributed by atoms with Crippen molar-refractivity contribution in [2.45, 2.75) is 19.9 Å². The first-order valence-corrected chi connectivity index (χ1v) is 6.89. The molecule has 1 atom stereocenters. The second kappa shape index (κ2) is 8.07. The van der Waals surface area contributed by atoms with Gasteiger partial charge < -0.3 is 19.5 Å². The molecular weight excluding hydrogens is 286 g/mol. The second-order valence-electron chi connectivity index (χ2n) is 4.64. The van der Waals surface area contributed by atoms with E-state index in [9.17, 15) is 9.59 Å². The van der Waals surface area contributed by atoms with Crippen LogP contribution in [0.1, 0.15) is 19.4 Å². The van der Waals surface area contributed by atoms with Gasteiger partial charge in [0.2, 0.25) is 5.91 Å². The van der Waals surface area contributed by atoms with Crippen LogP contribution in [0.4, 0.5) is 0 Å². The lowest BCUT2D eigenvalue weighted by Gasteiger charge is -2.19. The molecule has 1 aromatic carbocycles. The Morgan fingerprint density at radius 3 is 2.59 bits per heavy atom. The lowest BCUT2D eigenvalue weighted by molar-refractivity contribution is -0.146. The molecule has 0 aliphatic carbocycles. The van der Waals surface area contributed by atoms with Gasteiger partial charge in [-0.15, -0.1) is 0 Å². The van der Waals surface area contributed by atoms with Gasteiger partial charge in [0, 0.05) is 13.1 Å². The van der Waals surface area contributed by atoms with Crippen molar-refractivity contribution < 1.29 is 24.2 Å². The molecule has 0 saturated heterocycles. The molecule has 0 aromatic heterocycles. The highest BCUT2D eigenvalue weighted by Gasteiger charge is 2.19. The van der Waals surface area contributed by atoms with Crippen molar-refractivity contribution in [3.8, 4) is 11.5 Å². The maximum atomic E-state index is 11.9. The highest BCUT2D eigenvalue weighted by Crippen LogP contribution is 2.28. The molecule has 0 aliphatic rings. The molecule has 0 heterocycles. The molecule has 22 heavy (non-hydrogen) atoms. The summed E-state index contributed by atoms with van der Waals surface area (Å²) in [5.74, 6) is -0.233. The van der Waals surface area contributed by atoms with Crippen LogP contribution in [0.2, 0.25) is 0 Å². The van der Waals surface area contributed by atoms with Crippen molar-refractivity contribution in [2.75, 3.05) is 20.8 Å². The molecule has 0 spiro atoms. The van der Waals surface area contributed by atoms with Crippen molar-refractivity contribution >= 4 is 18.0 Å². The Labute approximate surface area is 129 Å². The van der Waals surface area contributed by atoms with Gasteiger partial charge in [-0.05, 0) is 37.6 Å². The molecule has 1 amide bonds. The third-order valence-electron chi connectivity index (χ3n) is 3.19. The van der Waals surface area contributed by atoms with Crippen LogP contribution in [0.5, 0.6) is 11.5 Å². The van der Waals surface area contributed by atoms with Crippen molar-refractivity contribution in [2.24, 2.45) is 0 Å². The molecule has 0 bridgehead atoms. The van der Waals surface area contributed by atoms with E-state index in [2.05, 4.69) is 0 Å². The first-order valence-electron chi connectivity index (χ1n) is 6.89. The number of carboxylic acid groups (broad SMARTS) is 1. The first-order chi connectivity index (χ1) is 10.4. The molecule has 6 heteroatoms. The number of hydrogen-bond acceptors (Lipinski definition) is 4.